The van der Waals surface area contributed by atoms with Gasteiger partial charge in [-0.15, -0.1) is 0 Å². The first-order chi connectivity index (χ1) is 16.3. The lowest BCUT2D eigenvalue weighted by atomic mass is 10.1. The van der Waals surface area contributed by atoms with E-state index in [9.17, 15) is 18.1 Å². The Balaban J connectivity index is 0.00000135. The van der Waals surface area contributed by atoms with Crippen molar-refractivity contribution < 1.29 is 26.7 Å². The molecule has 34 heavy (non-hydrogen) atoms. The summed E-state index contributed by atoms with van der Waals surface area (Å²) in [5.74, 6) is 1.35. The molecule has 1 heterocycles. The molecule has 0 radical (unpaired) electrons. The van der Waals surface area contributed by atoms with E-state index in [1.807, 2.05) is 0 Å². The van der Waals surface area contributed by atoms with Gasteiger partial charge in [0.2, 0.25) is 10.4 Å². The second-order valence-corrected chi connectivity index (χ2v) is 10.1. The summed E-state index contributed by atoms with van der Waals surface area (Å²) in [6.45, 7) is 10.1. The topological polar surface area (TPSA) is 99.0 Å². The van der Waals surface area contributed by atoms with Crippen molar-refractivity contribution in [2.24, 2.45) is 4.99 Å². The zero-order chi connectivity index (χ0) is 25.5. The molecule has 202 valence electrons. The van der Waals surface area contributed by atoms with Gasteiger partial charge in [-0.3, -0.25) is 8.67 Å². The van der Waals surface area contributed by atoms with Gasteiger partial charge in [0.15, 0.2) is 5.84 Å². The number of amidine groups is 1. The SMILES string of the molecule is CCCCCCCC/C=C\CCCCCCCC1=NCC[N+]1(CC)CCO.CCOS(=O)(=O)[O-]. The molecule has 1 unspecified atom stereocenters. The zero-order valence-corrected chi connectivity index (χ0v) is 23.0. The van der Waals surface area contributed by atoms with Gasteiger partial charge in [-0.25, -0.2) is 13.4 Å². The number of aliphatic hydroxyl groups excluding tert-OH is 1. The first kappa shape index (κ1) is 33.2. The Morgan fingerprint density at radius 1 is 0.941 bits per heavy atom. The number of aliphatic hydroxyl groups is 1. The van der Waals surface area contributed by atoms with Gasteiger partial charge in [0.05, 0.1) is 26.3 Å². The molecular weight excluding hydrogens is 452 g/mol. The summed E-state index contributed by atoms with van der Waals surface area (Å²) >= 11 is 0. The molecule has 1 aliphatic heterocycles. The number of allylic oxidation sites excluding steroid dienone is 2. The monoisotopic (exact) mass is 504 g/mol. The van der Waals surface area contributed by atoms with Gasteiger partial charge in [0.25, 0.3) is 0 Å². The minimum Gasteiger partial charge on any atom is -0.726 e. The molecule has 1 rings (SSSR count). The summed E-state index contributed by atoms with van der Waals surface area (Å²) in [5.41, 5.74) is 0. The van der Waals surface area contributed by atoms with E-state index in [1.54, 1.807) is 0 Å². The number of nitrogens with zero attached hydrogens (tertiary/aromatic N) is 2. The van der Waals surface area contributed by atoms with Gasteiger partial charge >= 0.3 is 0 Å². The van der Waals surface area contributed by atoms with E-state index in [0.717, 1.165) is 37.1 Å². The van der Waals surface area contributed by atoms with E-state index in [4.69, 9.17) is 4.99 Å². The molecule has 0 amide bonds. The second kappa shape index (κ2) is 21.5. The number of likely N-dealkylation sites (N-methyl/N-ethyl adjacent to an activating group) is 1. The molecule has 0 bridgehead atoms. The summed E-state index contributed by atoms with van der Waals surface area (Å²) in [6.07, 6.45) is 23.5. The van der Waals surface area contributed by atoms with Crippen LogP contribution in [-0.4, -0.2) is 67.8 Å². The van der Waals surface area contributed by atoms with Crippen molar-refractivity contribution in [2.75, 3.05) is 39.4 Å². The maximum Gasteiger partial charge on any atom is 0.217 e. The average Bonchev–Trinajstić information content (AvgIpc) is 3.19. The molecule has 1 atom stereocenters. The van der Waals surface area contributed by atoms with Crippen molar-refractivity contribution in [2.45, 2.75) is 111 Å². The smallest absolute Gasteiger partial charge is 0.217 e. The summed E-state index contributed by atoms with van der Waals surface area (Å²) in [6, 6.07) is 0. The predicted molar refractivity (Wildman–Crippen MR) is 141 cm³/mol. The molecule has 8 heteroatoms. The standard InChI is InChI=1S/C24H47N2O.C2H6O4S/c1-3-5-6-7-8-9-10-11-12-13-14-15-16-17-18-19-24-25-20-21-26(24,4-2)22-23-27;1-2-6-7(3,4)5/h11-12,27H,3-10,13-23H2,1-2H3;2H2,1H3,(H,3,4,5)/q+1;/p-1/b12-11-;. The number of rotatable bonds is 20. The van der Waals surface area contributed by atoms with Crippen LogP contribution in [0, 0.1) is 0 Å². The fourth-order valence-electron chi connectivity index (χ4n) is 4.39. The number of aliphatic imine (C=N–C) groups is 1. The fraction of sp³-hybridized carbons (Fsp3) is 0.885. The van der Waals surface area contributed by atoms with Crippen LogP contribution in [0.5, 0.6) is 0 Å². The summed E-state index contributed by atoms with van der Waals surface area (Å²) in [7, 11) is -4.42. The minimum absolute atomic E-state index is 0.0914. The van der Waals surface area contributed by atoms with E-state index in [-0.39, 0.29) is 13.2 Å². The van der Waals surface area contributed by atoms with Crippen molar-refractivity contribution in [3.8, 4) is 0 Å². The largest absolute Gasteiger partial charge is 0.726 e. The molecule has 7 nitrogen and oxygen atoms in total. The Labute approximate surface area is 210 Å². The third-order valence-corrected chi connectivity index (χ3v) is 6.95. The highest BCUT2D eigenvalue weighted by Crippen LogP contribution is 2.20. The maximum absolute atomic E-state index is 9.45. The predicted octanol–water partition coefficient (Wildman–Crippen LogP) is 5.75. The lowest BCUT2D eigenvalue weighted by Gasteiger charge is -2.33. The minimum atomic E-state index is -4.42. The van der Waals surface area contributed by atoms with Gasteiger partial charge in [-0.1, -0.05) is 70.4 Å². The molecule has 0 saturated heterocycles. The lowest BCUT2D eigenvalue weighted by Crippen LogP contribution is -2.52. The third kappa shape index (κ3) is 17.6. The van der Waals surface area contributed by atoms with Crippen molar-refractivity contribution in [1.29, 1.82) is 0 Å². The van der Waals surface area contributed by atoms with E-state index < -0.39 is 10.4 Å². The highest BCUT2D eigenvalue weighted by Gasteiger charge is 2.35. The lowest BCUT2D eigenvalue weighted by molar-refractivity contribution is -0.835. The van der Waals surface area contributed by atoms with E-state index in [1.165, 1.54) is 96.2 Å². The molecule has 0 aromatic rings. The Bertz CT molecular complexity index is 637. The normalized spacial score (nSPS) is 18.2. The van der Waals surface area contributed by atoms with Crippen molar-refractivity contribution in [1.82, 2.24) is 0 Å². The highest BCUT2D eigenvalue weighted by atomic mass is 32.3. The summed E-state index contributed by atoms with van der Waals surface area (Å²) in [5, 5.41) is 9.37. The summed E-state index contributed by atoms with van der Waals surface area (Å²) < 4.78 is 33.0. The first-order valence-electron chi connectivity index (χ1n) is 13.6. The average molecular weight is 505 g/mol. The van der Waals surface area contributed by atoms with E-state index >= 15 is 0 Å². The Kier molecular flexibility index (Phi) is 21.0. The van der Waals surface area contributed by atoms with Crippen LogP contribution in [0.3, 0.4) is 0 Å². The Morgan fingerprint density at radius 2 is 1.50 bits per heavy atom. The van der Waals surface area contributed by atoms with Crippen molar-refractivity contribution in [3.05, 3.63) is 12.2 Å². The molecule has 1 N–H and O–H groups in total. The van der Waals surface area contributed by atoms with Crippen LogP contribution in [0.15, 0.2) is 17.1 Å². The number of quaternary nitrogens is 1. The van der Waals surface area contributed by atoms with Gasteiger partial charge < -0.3 is 9.66 Å². The number of hydrogen-bond acceptors (Lipinski definition) is 6. The van der Waals surface area contributed by atoms with Crippen molar-refractivity contribution in [3.63, 3.8) is 0 Å². The zero-order valence-electron chi connectivity index (χ0n) is 22.2. The molecule has 0 spiro atoms. The van der Waals surface area contributed by atoms with E-state index in [0.29, 0.717) is 0 Å². The van der Waals surface area contributed by atoms with Crippen LogP contribution in [-0.2, 0) is 14.6 Å². The van der Waals surface area contributed by atoms with Gasteiger partial charge in [-0.05, 0) is 46.0 Å². The van der Waals surface area contributed by atoms with Crippen LogP contribution in [0.25, 0.3) is 0 Å². The van der Waals surface area contributed by atoms with Crippen LogP contribution in [0.1, 0.15) is 111 Å². The second-order valence-electron chi connectivity index (χ2n) is 9.08. The molecule has 1 aliphatic rings. The van der Waals surface area contributed by atoms with Gasteiger partial charge in [-0.2, -0.15) is 0 Å². The van der Waals surface area contributed by atoms with Gasteiger partial charge in [0.1, 0.15) is 13.1 Å². The quantitative estimate of drug-likeness (QED) is 0.0748. The van der Waals surface area contributed by atoms with Crippen LogP contribution in [0.4, 0.5) is 0 Å². The molecule has 0 aromatic carbocycles. The highest BCUT2D eigenvalue weighted by molar-refractivity contribution is 7.80. The van der Waals surface area contributed by atoms with Crippen LogP contribution in [0.2, 0.25) is 0 Å². The maximum atomic E-state index is 9.45. The molecule has 0 aliphatic carbocycles. The first-order valence-corrected chi connectivity index (χ1v) is 14.9. The van der Waals surface area contributed by atoms with Crippen LogP contribution < -0.4 is 0 Å². The van der Waals surface area contributed by atoms with Crippen molar-refractivity contribution >= 4 is 16.2 Å². The molecular formula is C26H52N2O5S. The third-order valence-electron chi connectivity index (χ3n) is 6.43. The fourth-order valence-corrected chi connectivity index (χ4v) is 4.68. The van der Waals surface area contributed by atoms with E-state index in [2.05, 4.69) is 30.2 Å². The Morgan fingerprint density at radius 3 is 1.97 bits per heavy atom. The summed E-state index contributed by atoms with van der Waals surface area (Å²) in [4.78, 5) is 4.75. The van der Waals surface area contributed by atoms with Crippen LogP contribution >= 0.6 is 0 Å². The molecule has 0 saturated carbocycles. The molecule has 0 fully saturated rings. The Hall–Kier alpha value is -0.800. The van der Waals surface area contributed by atoms with Gasteiger partial charge in [0, 0.05) is 6.42 Å². The number of unbranched alkanes of at least 4 members (excludes halogenated alkanes) is 11. The number of hydrogen-bond donors (Lipinski definition) is 1. The molecule has 0 aromatic heterocycles.